The van der Waals surface area contributed by atoms with Crippen LogP contribution < -0.4 is 0 Å². The maximum atomic E-state index is 14.0. The molecule has 8 aromatic rings. The van der Waals surface area contributed by atoms with Crippen molar-refractivity contribution in [2.24, 2.45) is 21.7 Å². The Morgan fingerprint density at radius 1 is 0.326 bits per heavy atom. The van der Waals surface area contributed by atoms with Gasteiger partial charge in [0.2, 0.25) is 0 Å². The summed E-state index contributed by atoms with van der Waals surface area (Å²) in [6.45, 7) is 30.5. The zero-order valence-corrected chi connectivity index (χ0v) is 56.4. The van der Waals surface area contributed by atoms with E-state index in [4.69, 9.17) is 18.9 Å². The molecule has 2 aliphatic carbocycles. The minimum absolute atomic E-state index is 0.324. The van der Waals surface area contributed by atoms with Crippen molar-refractivity contribution in [3.8, 4) is 0 Å². The normalized spacial score (nSPS) is 20.1. The van der Waals surface area contributed by atoms with Crippen molar-refractivity contribution in [2.75, 3.05) is 0 Å². The fourth-order valence-corrected chi connectivity index (χ4v) is 11.3. The summed E-state index contributed by atoms with van der Waals surface area (Å²) in [6.07, 6.45) is 4.16. The summed E-state index contributed by atoms with van der Waals surface area (Å²) in [7, 11) is 0. The molecular formula is C84H88O8. The lowest BCUT2D eigenvalue weighted by Crippen LogP contribution is -2.52. The second kappa shape index (κ2) is 26.8. The van der Waals surface area contributed by atoms with E-state index in [0.29, 0.717) is 11.5 Å². The van der Waals surface area contributed by atoms with Crippen LogP contribution in [-0.4, -0.2) is 23.9 Å². The van der Waals surface area contributed by atoms with E-state index in [-0.39, 0.29) is 23.9 Å². The van der Waals surface area contributed by atoms with Crippen molar-refractivity contribution >= 4 is 47.5 Å². The van der Waals surface area contributed by atoms with Crippen LogP contribution in [0.1, 0.15) is 162 Å². The number of hydrogen-bond donors (Lipinski definition) is 0. The molecule has 0 spiro atoms. The van der Waals surface area contributed by atoms with Crippen molar-refractivity contribution in [1.82, 2.24) is 0 Å². The predicted molar refractivity (Wildman–Crippen MR) is 371 cm³/mol. The van der Waals surface area contributed by atoms with Gasteiger partial charge in [-0.05, 0) is 145 Å². The lowest BCUT2D eigenvalue weighted by Gasteiger charge is -2.54. The molecule has 0 amide bonds. The van der Waals surface area contributed by atoms with E-state index in [1.165, 1.54) is 0 Å². The molecule has 0 bridgehead atoms. The van der Waals surface area contributed by atoms with Crippen LogP contribution in [-0.2, 0) is 49.3 Å². The first-order chi connectivity index (χ1) is 43.4. The van der Waals surface area contributed by atoms with Crippen LogP contribution in [0.2, 0.25) is 0 Å². The van der Waals surface area contributed by atoms with Crippen LogP contribution in [0.25, 0.3) is 23.7 Å². The fourth-order valence-electron chi connectivity index (χ4n) is 11.3. The highest BCUT2D eigenvalue weighted by atomic mass is 16.6. The highest BCUT2D eigenvalue weighted by molar-refractivity contribution is 5.92. The van der Waals surface area contributed by atoms with E-state index in [1.807, 2.05) is 204 Å². The molecule has 0 aromatic heterocycles. The number of esters is 4. The number of ether oxygens (including phenoxy) is 4. The zero-order chi connectivity index (χ0) is 66.6. The Hall–Kier alpha value is -9.40. The molecular weight excluding hydrogens is 1140 g/mol. The Morgan fingerprint density at radius 3 is 0.837 bits per heavy atom. The van der Waals surface area contributed by atoms with Crippen LogP contribution in [0, 0.1) is 49.4 Å². The van der Waals surface area contributed by atoms with Crippen LogP contribution in [0.3, 0.4) is 0 Å². The summed E-state index contributed by atoms with van der Waals surface area (Å²) < 4.78 is 26.5. The molecule has 4 atom stereocenters. The molecule has 92 heavy (non-hydrogen) atoms. The number of hydrogen-bond acceptors (Lipinski definition) is 8. The minimum Gasteiger partial charge on any atom is -0.448 e. The van der Waals surface area contributed by atoms with Crippen LogP contribution in [0.15, 0.2) is 241 Å². The maximum absolute atomic E-state index is 14.0. The largest absolute Gasteiger partial charge is 0.448 e. The van der Waals surface area contributed by atoms with Gasteiger partial charge in [-0.15, -0.1) is 0 Å². The summed E-state index contributed by atoms with van der Waals surface area (Å²) in [5.74, 6) is -1.39. The third-order valence-electron chi connectivity index (χ3n) is 16.7. The van der Waals surface area contributed by atoms with E-state index >= 15 is 0 Å². The van der Waals surface area contributed by atoms with Gasteiger partial charge in [0.15, 0.2) is 11.2 Å². The van der Waals surface area contributed by atoms with Gasteiger partial charge in [-0.1, -0.05) is 241 Å². The molecule has 0 N–H and O–H groups in total. The molecule has 2 aliphatic rings. The van der Waals surface area contributed by atoms with E-state index in [0.717, 1.165) is 89.1 Å². The topological polar surface area (TPSA) is 105 Å². The van der Waals surface area contributed by atoms with Crippen molar-refractivity contribution < 1.29 is 38.1 Å². The second-order valence-corrected chi connectivity index (χ2v) is 28.6. The minimum atomic E-state index is -1.21. The lowest BCUT2D eigenvalue weighted by atomic mass is 9.54. The van der Waals surface area contributed by atoms with Crippen LogP contribution in [0.4, 0.5) is 0 Å². The first-order valence-corrected chi connectivity index (χ1v) is 31.8. The number of carbonyl (C=O) groups is 4. The van der Waals surface area contributed by atoms with Crippen LogP contribution >= 0.6 is 0 Å². The van der Waals surface area contributed by atoms with Crippen molar-refractivity contribution in [3.63, 3.8) is 0 Å². The standard InChI is InChI=1S/2C42H44O4/c2*1-28-19-23-30(24-20-28)27-34-35(37(32-15-11-9-12-16-32)45-38(43)40(3,4)5)36(31-25-21-29(2)22-26-31)42(34,33-17-13-10-14-18-33)46-39(44)41(6,7)8/h2*9-27,36H,1-8H3/b2*34-27-,37-35+/t2*36-,42-/m00/s1. The third-order valence-corrected chi connectivity index (χ3v) is 16.7. The monoisotopic (exact) mass is 1220 g/mol. The van der Waals surface area contributed by atoms with Gasteiger partial charge < -0.3 is 18.9 Å². The number of carbonyl (C=O) groups excluding carboxylic acids is 4. The molecule has 8 nitrogen and oxygen atoms in total. The number of aryl methyl sites for hydroxylation is 4. The summed E-state index contributed by atoms with van der Waals surface area (Å²) >= 11 is 0. The molecule has 0 unspecified atom stereocenters. The predicted octanol–water partition coefficient (Wildman–Crippen LogP) is 19.9. The van der Waals surface area contributed by atoms with E-state index in [1.54, 1.807) is 0 Å². The van der Waals surface area contributed by atoms with Gasteiger partial charge in [-0.3, -0.25) is 19.2 Å². The summed E-state index contributed by atoms with van der Waals surface area (Å²) in [4.78, 5) is 55.4. The van der Waals surface area contributed by atoms with E-state index < -0.39 is 44.7 Å². The van der Waals surface area contributed by atoms with E-state index in [9.17, 15) is 19.2 Å². The summed E-state index contributed by atoms with van der Waals surface area (Å²) in [5.41, 5.74) is 9.21. The maximum Gasteiger partial charge on any atom is 0.316 e. The van der Waals surface area contributed by atoms with Gasteiger partial charge in [0.05, 0.1) is 33.5 Å². The number of benzene rings is 8. The van der Waals surface area contributed by atoms with Gasteiger partial charge in [0, 0.05) is 44.5 Å². The van der Waals surface area contributed by atoms with Crippen molar-refractivity contribution in [3.05, 3.63) is 307 Å². The van der Waals surface area contributed by atoms with Gasteiger partial charge in [0.25, 0.3) is 0 Å². The molecule has 0 heterocycles. The molecule has 2 fully saturated rings. The molecule has 472 valence electrons. The Kier molecular flexibility index (Phi) is 19.5. The van der Waals surface area contributed by atoms with Gasteiger partial charge in [-0.25, -0.2) is 0 Å². The Morgan fingerprint density at radius 2 is 0.576 bits per heavy atom. The second-order valence-electron chi connectivity index (χ2n) is 28.6. The first kappa shape index (κ1) is 67.0. The molecule has 0 saturated heterocycles. The molecule has 8 heteroatoms. The molecule has 8 aromatic carbocycles. The molecule has 2 saturated carbocycles. The number of rotatable bonds is 12. The lowest BCUT2D eigenvalue weighted by molar-refractivity contribution is -0.172. The highest BCUT2D eigenvalue weighted by Crippen LogP contribution is 2.67. The summed E-state index contributed by atoms with van der Waals surface area (Å²) in [6, 6.07) is 72.4. The average molecular weight is 1230 g/mol. The molecule has 0 aliphatic heterocycles. The van der Waals surface area contributed by atoms with E-state index in [2.05, 4.69) is 137 Å². The Labute approximate surface area is 545 Å². The zero-order valence-electron chi connectivity index (χ0n) is 56.4. The quantitative estimate of drug-likeness (QED) is 0.0677. The van der Waals surface area contributed by atoms with Gasteiger partial charge in [-0.2, -0.15) is 0 Å². The smallest absolute Gasteiger partial charge is 0.316 e. The van der Waals surface area contributed by atoms with Crippen molar-refractivity contribution in [1.29, 1.82) is 0 Å². The Balaban J connectivity index is 0.000000217. The SMILES string of the molecule is Cc1ccc(/C=C2/C(=C(\OC(=O)C(C)(C)C)c3ccccc3)[C@H](c3ccc(C)cc3)[C@]2(OC(=O)C(C)(C)C)c2ccccc2)cc1.Cc1ccc(/C=C2/C(=C(\OC(=O)C(C)(C)C)c3ccccc3)[C@H](c3ccc(C)cc3)[C@]2(OC(=O)C(C)(C)C)c2ccccc2)cc1. The average Bonchev–Trinajstić information content (AvgIpc) is 0.694. The Bertz CT molecular complexity index is 3800. The molecule has 10 rings (SSSR count). The summed E-state index contributed by atoms with van der Waals surface area (Å²) in [5, 5.41) is 0. The molecule has 0 radical (unpaired) electrons. The first-order valence-electron chi connectivity index (χ1n) is 31.8. The highest BCUT2D eigenvalue weighted by Gasteiger charge is 2.64. The third kappa shape index (κ3) is 14.4. The van der Waals surface area contributed by atoms with Gasteiger partial charge in [0.1, 0.15) is 11.5 Å². The van der Waals surface area contributed by atoms with Crippen molar-refractivity contribution in [2.45, 2.75) is 134 Å². The van der Waals surface area contributed by atoms with Gasteiger partial charge >= 0.3 is 23.9 Å². The van der Waals surface area contributed by atoms with Crippen LogP contribution in [0.5, 0.6) is 0 Å². The fraction of sp³-hybridized carbons (Fsp3) is 0.286.